The molecule has 0 aromatic carbocycles. The molecule has 2 aliphatic rings. The second-order valence-corrected chi connectivity index (χ2v) is 4.31. The molecule has 3 nitrogen and oxygen atoms in total. The molecule has 2 rings (SSSR count). The van der Waals surface area contributed by atoms with E-state index in [1.54, 1.807) is 14.2 Å². The highest BCUT2D eigenvalue weighted by Gasteiger charge is 2.53. The van der Waals surface area contributed by atoms with Crippen molar-refractivity contribution in [1.29, 1.82) is 0 Å². The standard InChI is InChI=1S/C11H18O3/c1-11-5-4-10(14-11)8(6-12-2)9(11)7-13-3/h4-5,8-10H,6-7H2,1-3H3. The summed E-state index contributed by atoms with van der Waals surface area (Å²) in [5, 5.41) is 0. The molecule has 0 saturated carbocycles. The maximum absolute atomic E-state index is 5.92. The highest BCUT2D eigenvalue weighted by molar-refractivity contribution is 5.21. The fourth-order valence-corrected chi connectivity index (χ4v) is 2.62. The van der Waals surface area contributed by atoms with Gasteiger partial charge in [0, 0.05) is 26.1 Å². The van der Waals surface area contributed by atoms with Crippen molar-refractivity contribution >= 4 is 0 Å². The van der Waals surface area contributed by atoms with Crippen LogP contribution in [-0.2, 0) is 14.2 Å². The van der Waals surface area contributed by atoms with Crippen LogP contribution in [0.3, 0.4) is 0 Å². The summed E-state index contributed by atoms with van der Waals surface area (Å²) in [6.07, 6.45) is 4.53. The van der Waals surface area contributed by atoms with Gasteiger partial charge in [-0.2, -0.15) is 0 Å². The molecule has 80 valence electrons. The van der Waals surface area contributed by atoms with Crippen molar-refractivity contribution in [3.05, 3.63) is 12.2 Å². The molecular weight excluding hydrogens is 180 g/mol. The summed E-state index contributed by atoms with van der Waals surface area (Å²) in [4.78, 5) is 0. The third kappa shape index (κ3) is 1.40. The molecule has 3 heteroatoms. The Morgan fingerprint density at radius 3 is 2.64 bits per heavy atom. The van der Waals surface area contributed by atoms with Crippen LogP contribution in [0.2, 0.25) is 0 Å². The zero-order valence-electron chi connectivity index (χ0n) is 9.03. The van der Waals surface area contributed by atoms with Crippen molar-refractivity contribution in [2.75, 3.05) is 27.4 Å². The molecule has 14 heavy (non-hydrogen) atoms. The Balaban J connectivity index is 2.13. The predicted octanol–water partition coefficient (Wildman–Crippen LogP) is 1.24. The summed E-state index contributed by atoms with van der Waals surface area (Å²) >= 11 is 0. The van der Waals surface area contributed by atoms with Gasteiger partial charge in [0.2, 0.25) is 0 Å². The van der Waals surface area contributed by atoms with Gasteiger partial charge in [-0.05, 0) is 6.92 Å². The monoisotopic (exact) mass is 198 g/mol. The van der Waals surface area contributed by atoms with Gasteiger partial charge in [0.05, 0.1) is 24.9 Å². The number of ether oxygens (including phenoxy) is 3. The lowest BCUT2D eigenvalue weighted by Gasteiger charge is -2.29. The first kappa shape index (κ1) is 10.1. The van der Waals surface area contributed by atoms with E-state index in [1.807, 2.05) is 0 Å². The van der Waals surface area contributed by atoms with E-state index < -0.39 is 0 Å². The average molecular weight is 198 g/mol. The SMILES string of the molecule is COCC1C2C=CC(C)(O2)C1COC. The first-order valence-corrected chi connectivity index (χ1v) is 5.06. The topological polar surface area (TPSA) is 27.7 Å². The van der Waals surface area contributed by atoms with Gasteiger partial charge in [-0.1, -0.05) is 12.2 Å². The number of methoxy groups -OCH3 is 2. The van der Waals surface area contributed by atoms with Gasteiger partial charge >= 0.3 is 0 Å². The van der Waals surface area contributed by atoms with E-state index >= 15 is 0 Å². The van der Waals surface area contributed by atoms with Crippen LogP contribution in [0.15, 0.2) is 12.2 Å². The van der Waals surface area contributed by atoms with Gasteiger partial charge in [-0.15, -0.1) is 0 Å². The van der Waals surface area contributed by atoms with Crippen molar-refractivity contribution in [2.24, 2.45) is 11.8 Å². The number of hydrogen-bond acceptors (Lipinski definition) is 3. The van der Waals surface area contributed by atoms with Gasteiger partial charge in [0.15, 0.2) is 0 Å². The third-order valence-corrected chi connectivity index (χ3v) is 3.39. The molecule has 4 atom stereocenters. The van der Waals surface area contributed by atoms with E-state index in [-0.39, 0.29) is 11.7 Å². The van der Waals surface area contributed by atoms with Crippen LogP contribution in [0, 0.1) is 11.8 Å². The predicted molar refractivity (Wildman–Crippen MR) is 53.2 cm³/mol. The molecule has 0 radical (unpaired) electrons. The van der Waals surface area contributed by atoms with E-state index in [1.165, 1.54) is 0 Å². The van der Waals surface area contributed by atoms with Crippen LogP contribution in [0.25, 0.3) is 0 Å². The third-order valence-electron chi connectivity index (χ3n) is 3.39. The smallest absolute Gasteiger partial charge is 0.0898 e. The second kappa shape index (κ2) is 3.65. The molecule has 0 aromatic rings. The number of fused-ring (bicyclic) bond motifs is 2. The van der Waals surface area contributed by atoms with E-state index in [9.17, 15) is 0 Å². The van der Waals surface area contributed by atoms with E-state index in [0.717, 1.165) is 13.2 Å². The fourth-order valence-electron chi connectivity index (χ4n) is 2.62. The largest absolute Gasteiger partial charge is 0.384 e. The summed E-state index contributed by atoms with van der Waals surface area (Å²) in [6.45, 7) is 3.62. The van der Waals surface area contributed by atoms with Crippen LogP contribution >= 0.6 is 0 Å². The average Bonchev–Trinajstić information content (AvgIpc) is 2.64. The molecule has 1 saturated heterocycles. The van der Waals surface area contributed by atoms with Gasteiger partial charge < -0.3 is 14.2 Å². The highest BCUT2D eigenvalue weighted by Crippen LogP contribution is 2.46. The van der Waals surface area contributed by atoms with Crippen LogP contribution in [0.5, 0.6) is 0 Å². The van der Waals surface area contributed by atoms with E-state index in [0.29, 0.717) is 11.8 Å². The lowest BCUT2D eigenvalue weighted by atomic mass is 9.77. The minimum atomic E-state index is -0.135. The van der Waals surface area contributed by atoms with Crippen LogP contribution < -0.4 is 0 Å². The van der Waals surface area contributed by atoms with Crippen molar-refractivity contribution in [3.63, 3.8) is 0 Å². The Morgan fingerprint density at radius 1 is 1.29 bits per heavy atom. The van der Waals surface area contributed by atoms with Gasteiger partial charge in [0.1, 0.15) is 0 Å². The van der Waals surface area contributed by atoms with Gasteiger partial charge in [-0.25, -0.2) is 0 Å². The first-order chi connectivity index (χ1) is 6.71. The summed E-state index contributed by atoms with van der Waals surface area (Å²) in [7, 11) is 3.48. The quantitative estimate of drug-likeness (QED) is 0.636. The Kier molecular flexibility index (Phi) is 2.64. The van der Waals surface area contributed by atoms with Gasteiger partial charge in [0.25, 0.3) is 0 Å². The summed E-state index contributed by atoms with van der Waals surface area (Å²) < 4.78 is 16.4. The van der Waals surface area contributed by atoms with Crippen molar-refractivity contribution in [3.8, 4) is 0 Å². The second-order valence-electron chi connectivity index (χ2n) is 4.31. The van der Waals surface area contributed by atoms with Crippen LogP contribution in [0.4, 0.5) is 0 Å². The summed E-state index contributed by atoms with van der Waals surface area (Å²) in [5.74, 6) is 0.859. The maximum Gasteiger partial charge on any atom is 0.0898 e. The maximum atomic E-state index is 5.92. The van der Waals surface area contributed by atoms with E-state index in [2.05, 4.69) is 19.1 Å². The molecule has 0 N–H and O–H groups in total. The molecule has 4 unspecified atom stereocenters. The molecule has 0 aliphatic carbocycles. The Bertz CT molecular complexity index is 239. The Morgan fingerprint density at radius 2 is 2.00 bits per heavy atom. The normalized spacial score (nSPS) is 44.9. The van der Waals surface area contributed by atoms with E-state index in [4.69, 9.17) is 14.2 Å². The molecule has 2 bridgehead atoms. The van der Waals surface area contributed by atoms with Crippen molar-refractivity contribution < 1.29 is 14.2 Å². The summed E-state index contributed by atoms with van der Waals surface area (Å²) in [5.41, 5.74) is -0.135. The van der Waals surface area contributed by atoms with Crippen LogP contribution in [-0.4, -0.2) is 39.1 Å². The lowest BCUT2D eigenvalue weighted by molar-refractivity contribution is 0.00840. The zero-order valence-corrected chi connectivity index (χ0v) is 9.03. The molecule has 0 spiro atoms. The molecule has 2 heterocycles. The number of hydrogen-bond donors (Lipinski definition) is 0. The Labute approximate surface area is 85.0 Å². The first-order valence-electron chi connectivity index (χ1n) is 5.06. The molecule has 0 aromatic heterocycles. The highest BCUT2D eigenvalue weighted by atomic mass is 16.5. The minimum absolute atomic E-state index is 0.135. The molecular formula is C11H18O3. The zero-order chi connectivity index (χ0) is 10.2. The summed E-state index contributed by atoms with van der Waals surface area (Å²) in [6, 6.07) is 0. The molecule has 0 amide bonds. The Hall–Kier alpha value is -0.380. The minimum Gasteiger partial charge on any atom is -0.384 e. The lowest BCUT2D eigenvalue weighted by Crippen LogP contribution is -2.37. The van der Waals surface area contributed by atoms with Crippen molar-refractivity contribution in [2.45, 2.75) is 18.6 Å². The molecule has 2 aliphatic heterocycles. The molecule has 1 fully saturated rings. The number of rotatable bonds is 4. The fraction of sp³-hybridized carbons (Fsp3) is 0.818. The van der Waals surface area contributed by atoms with Gasteiger partial charge in [-0.3, -0.25) is 0 Å². The van der Waals surface area contributed by atoms with Crippen LogP contribution in [0.1, 0.15) is 6.92 Å². The van der Waals surface area contributed by atoms with Crippen molar-refractivity contribution in [1.82, 2.24) is 0 Å².